The Balaban J connectivity index is 0. The zero-order chi connectivity index (χ0) is 0. The van der Waals surface area contributed by atoms with Gasteiger partial charge >= 0.3 is 5040 Å². The molecule has 0 atom stereocenters. The molecule has 0 aliphatic rings. The molecule has 0 saturated heterocycles. The van der Waals surface area contributed by atoms with E-state index in [1.807, 2.05) is 0 Å². The van der Waals surface area contributed by atoms with Crippen molar-refractivity contribution >= 4 is 0 Å². The molecule has 0 saturated carbocycles. The van der Waals surface area contributed by atoms with E-state index in [1.54, 1.807) is 0 Å². The van der Waals surface area contributed by atoms with Gasteiger partial charge in [0.2, 0.25) is 0 Å². The second-order valence-corrected chi connectivity index (χ2v) is 0. The number of halogens is 5. The van der Waals surface area contributed by atoms with Crippen molar-refractivity contribution in [2.75, 3.05) is 0 Å². The topological polar surface area (TPSA) is 0 Å². The van der Waals surface area contributed by atoms with Crippen LogP contribution < -0.4 is 5040 Å². The van der Waals surface area contributed by atoms with Gasteiger partial charge in [-0.15, -0.1) is 0 Å². The first kappa shape index (κ1) is 705. The molecule has 0 bridgehead atoms. The molecule has 0 N–H and O–H groups in total. The van der Waals surface area contributed by atoms with Crippen LogP contribution in [0.3, 0.4) is 0 Å². The van der Waals surface area contributed by atoms with Crippen LogP contribution in [0.25, 0.3) is 0 Å². The van der Waals surface area contributed by atoms with Crippen molar-refractivity contribution in [3.05, 3.63) is 0 Å². The summed E-state index contributed by atoms with van der Waals surface area (Å²) in [6.07, 6.45) is 0. The molecule has 0 nitrogen and oxygen atoms in total. The Kier molecular flexibility index (Phi) is 4770. The summed E-state index contributed by atoms with van der Waals surface area (Å²) >= 11 is 0. The van der Waals surface area contributed by atoms with Gasteiger partial charge in [0.05, 0.1) is 0 Å². The molecule has 0 aromatic heterocycles. The number of hydrogen-bond donors (Lipinski definition) is 0. The molecular formula is H5F5K98+98. The van der Waals surface area contributed by atoms with Gasteiger partial charge in [0.1, 0.15) is 0 Å². The van der Waals surface area contributed by atoms with Gasteiger partial charge in [0.25, 0.3) is 0 Å². The van der Waals surface area contributed by atoms with Crippen LogP contribution in [-0.2, 0) is 0 Å². The van der Waals surface area contributed by atoms with Crippen molar-refractivity contribution in [2.45, 2.75) is 0 Å². The first-order valence-electron chi connectivity index (χ1n) is 0. The summed E-state index contributed by atoms with van der Waals surface area (Å²) in [7, 11) is 0. The molecule has 40 valence electrons. The van der Waals surface area contributed by atoms with Gasteiger partial charge in [0.15, 0.2) is 0 Å². The van der Waals surface area contributed by atoms with Crippen LogP contribution in [0.1, 0.15) is 0 Å². The summed E-state index contributed by atoms with van der Waals surface area (Å²) in [5, 5.41) is 0. The first-order chi connectivity index (χ1) is 0. The van der Waals surface area contributed by atoms with Gasteiger partial charge in [-0.25, -0.2) is 0 Å². The molecule has 0 aliphatic heterocycles. The Labute approximate surface area is 4820 Å². The van der Waals surface area contributed by atoms with Crippen LogP contribution in [0.2, 0.25) is 0 Å². The molecule has 103 heavy (non-hydrogen) atoms. The van der Waals surface area contributed by atoms with Gasteiger partial charge in [0, 0.05) is 0 Å². The van der Waals surface area contributed by atoms with Crippen LogP contribution >= 0.6 is 0 Å². The zero-order valence-corrected chi connectivity index (χ0v) is 406. The maximum atomic E-state index is 0. The summed E-state index contributed by atoms with van der Waals surface area (Å²) in [6, 6.07) is 0. The van der Waals surface area contributed by atoms with Crippen molar-refractivity contribution in [3.8, 4) is 0 Å². The van der Waals surface area contributed by atoms with Gasteiger partial charge in [-0.3, -0.25) is 23.5 Å². The summed E-state index contributed by atoms with van der Waals surface area (Å²) < 4.78 is 0. The summed E-state index contributed by atoms with van der Waals surface area (Å²) in [6.45, 7) is 0. The minimum absolute atomic E-state index is 0. The molecule has 0 rings (SSSR count). The van der Waals surface area contributed by atoms with Crippen LogP contribution in [0, 0.1) is 0 Å². The van der Waals surface area contributed by atoms with Gasteiger partial charge in [-0.2, -0.15) is 0 Å². The minimum Gasteiger partial charge on any atom is -0.269 e. The molecule has 0 aliphatic carbocycles. The Morgan fingerprint density at radius 1 is 0.0194 bits per heavy atom. The largest absolute Gasteiger partial charge is 1.00 e. The molecule has 0 aromatic carbocycles. The molecule has 103 heteroatoms. The van der Waals surface area contributed by atoms with E-state index in [2.05, 4.69) is 0 Å². The fourth-order valence-corrected chi connectivity index (χ4v) is 0. The fourth-order valence-electron chi connectivity index (χ4n) is 0. The van der Waals surface area contributed by atoms with E-state index in [0.717, 1.165) is 0 Å². The Morgan fingerprint density at radius 2 is 0.0194 bits per heavy atom. The molecule has 0 aromatic rings. The molecule has 0 heterocycles. The molecular weight excluding hydrogens is 3930 g/mol. The van der Waals surface area contributed by atoms with Crippen molar-refractivity contribution in [3.63, 3.8) is 0 Å². The van der Waals surface area contributed by atoms with E-state index in [-0.39, 0.29) is 5060 Å². The smallest absolute Gasteiger partial charge is 0.269 e. The van der Waals surface area contributed by atoms with Gasteiger partial charge < -0.3 is 0 Å². The van der Waals surface area contributed by atoms with E-state index in [9.17, 15) is 0 Å². The summed E-state index contributed by atoms with van der Waals surface area (Å²) in [5.41, 5.74) is 0. The normalized spacial score (nSPS) is 0. The first-order valence-corrected chi connectivity index (χ1v) is 0. The predicted molar refractivity (Wildman–Crippen MR) is 12.5 cm³/mol. The van der Waals surface area contributed by atoms with Crippen molar-refractivity contribution in [1.82, 2.24) is 0 Å². The van der Waals surface area contributed by atoms with Gasteiger partial charge in [-0.05, 0) is 0 Å². The standard InChI is InChI=1S/5FH.98K/h5*1H;;;;;;;;;;;;;;;;;;;;;;;;;;;;;;;;;;;;;;;;;;;;;;;;;;;;;;;;;;;;;;;;;;;;;;;;;;;;;;;;;;;;;;;;;;;;;;;;;;/q;;;;;98*+1. The molecule has 0 radical (unpaired) electrons. The van der Waals surface area contributed by atoms with E-state index < -0.39 is 0 Å². The summed E-state index contributed by atoms with van der Waals surface area (Å²) in [4.78, 5) is 0. The Morgan fingerprint density at radius 3 is 0.0194 bits per heavy atom. The maximum Gasteiger partial charge on any atom is 1.00 e. The third-order valence-electron chi connectivity index (χ3n) is 0. The van der Waals surface area contributed by atoms with E-state index in [1.165, 1.54) is 0 Å². The third-order valence-corrected chi connectivity index (χ3v) is 0. The van der Waals surface area contributed by atoms with E-state index in [4.69, 9.17) is 0 Å². The summed E-state index contributed by atoms with van der Waals surface area (Å²) in [5.74, 6) is 0. The third kappa shape index (κ3) is 692. The molecule has 0 amide bonds. The van der Waals surface area contributed by atoms with Crippen LogP contribution in [0.5, 0.6) is 0 Å². The monoisotopic (exact) mass is 3920 g/mol. The van der Waals surface area contributed by atoms with E-state index >= 15 is 0 Å². The maximum absolute atomic E-state index is 0. The molecule has 0 fully saturated rings. The Hall–Kier alpha value is 160. The Bertz CT molecular complexity index is 28.9. The van der Waals surface area contributed by atoms with E-state index in [0.29, 0.717) is 0 Å². The van der Waals surface area contributed by atoms with Gasteiger partial charge in [-0.1, -0.05) is 0 Å². The fraction of sp³-hybridized carbons (Fsp3) is 0. The predicted octanol–water partition coefficient (Wildman–Crippen LogP) is -293. The molecule has 0 spiro atoms. The van der Waals surface area contributed by atoms with Crippen molar-refractivity contribution in [1.29, 1.82) is 0 Å². The SMILES string of the molecule is F.F.F.F.F.[K+].[K+].[K+].[K+].[K+].[K+].[K+].[K+].[K+].[K+].[K+].[K+].[K+].[K+].[K+].[K+].[K+].[K+].[K+].[K+].[K+].[K+].[K+].[K+].[K+].[K+].[K+].[K+].[K+].[K+].[K+].[K+].[K+].[K+].[K+].[K+].[K+].[K+].[K+].[K+].[K+].[K+].[K+].[K+].[K+].[K+].[K+].[K+].[K+].[K+].[K+].[K+].[K+].[K+].[K+].[K+].[K+].[K+].[K+].[K+].[K+].[K+].[K+].[K+].[K+].[K+].[K+].[K+].[K+].[K+].[K+].[K+].[K+].[K+].[K+].[K+].[K+].[K+].[K+].[K+].[K+].[K+].[K+].[K+].[K+].[K+].[K+].[K+].[K+].[K+].[K+].[K+].[K+].[K+].[K+].[K+].[K+].[K+]. The number of hydrogen-bond acceptors (Lipinski definition) is 0. The molecule has 0 unspecified atom stereocenters. The second-order valence-electron chi connectivity index (χ2n) is 0. The van der Waals surface area contributed by atoms with Crippen LogP contribution in [0.15, 0.2) is 0 Å². The van der Waals surface area contributed by atoms with Crippen LogP contribution in [-0.4, -0.2) is 0 Å². The van der Waals surface area contributed by atoms with Crippen LogP contribution in [0.4, 0.5) is 23.5 Å². The van der Waals surface area contributed by atoms with Crippen molar-refractivity contribution in [2.24, 2.45) is 0 Å². The van der Waals surface area contributed by atoms with Crippen molar-refractivity contribution < 1.29 is 5060 Å². The second kappa shape index (κ2) is 697. The number of rotatable bonds is 0. The average Bonchev–Trinajstić information content (AvgIpc) is 0. The zero-order valence-electron chi connectivity index (χ0n) is 100. The minimum atomic E-state index is 0. The quantitative estimate of drug-likeness (QED) is 0.168. The average molecular weight is 3930 g/mol.